The summed E-state index contributed by atoms with van der Waals surface area (Å²) in [5.74, 6) is 2.57. The van der Waals surface area contributed by atoms with E-state index in [1.807, 2.05) is 13.0 Å². The Bertz CT molecular complexity index is 943. The smallest absolute Gasteiger partial charge is 0.267 e. The van der Waals surface area contributed by atoms with Gasteiger partial charge in [0.05, 0.1) is 5.69 Å². The van der Waals surface area contributed by atoms with E-state index >= 15 is 0 Å². The third-order valence-electron chi connectivity index (χ3n) is 6.64. The van der Waals surface area contributed by atoms with Crippen LogP contribution in [0.15, 0.2) is 10.9 Å². The maximum absolute atomic E-state index is 12.5. The maximum atomic E-state index is 12.5. The molecule has 1 aliphatic heterocycles. The minimum absolute atomic E-state index is 0.0762. The van der Waals surface area contributed by atoms with E-state index < -0.39 is 0 Å². The molecule has 2 aromatic rings. The lowest BCUT2D eigenvalue weighted by Crippen LogP contribution is -2.38. The second kappa shape index (κ2) is 7.30. The molecule has 3 heterocycles. The molecule has 2 aliphatic carbocycles. The number of hydrogen-bond donors (Lipinski definition) is 0. The summed E-state index contributed by atoms with van der Waals surface area (Å²) in [4.78, 5) is 24.4. The van der Waals surface area contributed by atoms with Gasteiger partial charge < -0.3 is 4.90 Å². The Morgan fingerprint density at radius 2 is 1.79 bits per heavy atom. The van der Waals surface area contributed by atoms with Gasteiger partial charge in [0.2, 0.25) is 0 Å². The van der Waals surface area contributed by atoms with Gasteiger partial charge in [0.25, 0.3) is 5.56 Å². The van der Waals surface area contributed by atoms with E-state index in [4.69, 9.17) is 10.1 Å². The fourth-order valence-corrected chi connectivity index (χ4v) is 5.10. The lowest BCUT2D eigenvalue weighted by Gasteiger charge is -2.34. The zero-order valence-corrected chi connectivity index (χ0v) is 16.8. The van der Waals surface area contributed by atoms with Crippen molar-refractivity contribution in [2.75, 3.05) is 18.0 Å². The Kier molecular flexibility index (Phi) is 4.65. The highest BCUT2D eigenvalue weighted by Gasteiger charge is 2.26. The van der Waals surface area contributed by atoms with E-state index in [0.29, 0.717) is 5.92 Å². The third-order valence-corrected chi connectivity index (χ3v) is 6.64. The highest BCUT2D eigenvalue weighted by molar-refractivity contribution is 5.51. The Labute approximate surface area is 166 Å². The highest BCUT2D eigenvalue weighted by Crippen LogP contribution is 2.31. The zero-order valence-electron chi connectivity index (χ0n) is 16.8. The monoisotopic (exact) mass is 379 g/mol. The van der Waals surface area contributed by atoms with Crippen molar-refractivity contribution in [2.45, 2.75) is 71.3 Å². The molecule has 6 heteroatoms. The molecule has 5 rings (SSSR count). The van der Waals surface area contributed by atoms with Crippen molar-refractivity contribution in [3.05, 3.63) is 44.8 Å². The summed E-state index contributed by atoms with van der Waals surface area (Å²) in [5.41, 5.74) is 5.03. The van der Waals surface area contributed by atoms with E-state index in [2.05, 4.69) is 9.88 Å². The molecule has 0 bridgehead atoms. The molecule has 28 heavy (non-hydrogen) atoms. The van der Waals surface area contributed by atoms with Gasteiger partial charge in [-0.1, -0.05) is 0 Å². The summed E-state index contributed by atoms with van der Waals surface area (Å²) in [7, 11) is 0. The number of anilines is 1. The van der Waals surface area contributed by atoms with Gasteiger partial charge in [-0.15, -0.1) is 0 Å². The van der Waals surface area contributed by atoms with Crippen LogP contribution in [0.5, 0.6) is 0 Å². The standard InChI is InChI=1S/C22H29N5O/c1-15-23-20-8-4-6-18(20)22(24-15)26-11-9-16(10-12-26)14-27-21(28)13-17-5-2-3-7-19(17)25-27/h13,16H,2-12,14H2,1H3. The molecule has 3 aliphatic rings. The lowest BCUT2D eigenvalue weighted by atomic mass is 9.95. The summed E-state index contributed by atoms with van der Waals surface area (Å²) in [6, 6.07) is 1.84. The van der Waals surface area contributed by atoms with Gasteiger partial charge in [0.15, 0.2) is 0 Å². The molecule has 148 valence electrons. The van der Waals surface area contributed by atoms with Crippen LogP contribution in [0.4, 0.5) is 5.82 Å². The SMILES string of the molecule is Cc1nc2c(c(N3CCC(Cn4nc5c(cc4=O)CCCC5)CC3)n1)CCC2. The van der Waals surface area contributed by atoms with Gasteiger partial charge in [0.1, 0.15) is 11.6 Å². The van der Waals surface area contributed by atoms with Crippen LogP contribution in [0.2, 0.25) is 0 Å². The van der Waals surface area contributed by atoms with Gasteiger partial charge in [-0.25, -0.2) is 14.6 Å². The molecule has 0 spiro atoms. The summed E-state index contributed by atoms with van der Waals surface area (Å²) in [6.45, 7) is 4.77. The van der Waals surface area contributed by atoms with E-state index in [0.717, 1.165) is 69.7 Å². The molecule has 0 N–H and O–H groups in total. The molecule has 0 aromatic carbocycles. The van der Waals surface area contributed by atoms with Gasteiger partial charge >= 0.3 is 0 Å². The number of rotatable bonds is 3. The van der Waals surface area contributed by atoms with Gasteiger partial charge in [-0.2, -0.15) is 5.10 Å². The molecular formula is C22H29N5O. The van der Waals surface area contributed by atoms with Crippen LogP contribution in [0, 0.1) is 12.8 Å². The van der Waals surface area contributed by atoms with E-state index in [-0.39, 0.29) is 5.56 Å². The van der Waals surface area contributed by atoms with Gasteiger partial charge in [-0.05, 0) is 76.2 Å². The Balaban J connectivity index is 1.28. The van der Waals surface area contributed by atoms with Crippen LogP contribution < -0.4 is 10.5 Å². The van der Waals surface area contributed by atoms with Crippen molar-refractivity contribution in [1.29, 1.82) is 0 Å². The minimum atomic E-state index is 0.0762. The highest BCUT2D eigenvalue weighted by atomic mass is 16.1. The number of aryl methyl sites for hydroxylation is 4. The largest absolute Gasteiger partial charge is 0.356 e. The van der Waals surface area contributed by atoms with E-state index in [1.54, 1.807) is 4.68 Å². The van der Waals surface area contributed by atoms with Crippen molar-refractivity contribution in [1.82, 2.24) is 19.7 Å². The molecule has 0 atom stereocenters. The predicted octanol–water partition coefficient (Wildman–Crippen LogP) is 2.63. The van der Waals surface area contributed by atoms with Crippen molar-refractivity contribution in [2.24, 2.45) is 5.92 Å². The Morgan fingerprint density at radius 1 is 1.00 bits per heavy atom. The van der Waals surface area contributed by atoms with Crippen molar-refractivity contribution in [3.63, 3.8) is 0 Å². The van der Waals surface area contributed by atoms with E-state index in [1.165, 1.54) is 41.9 Å². The van der Waals surface area contributed by atoms with Gasteiger partial charge in [0, 0.05) is 37.0 Å². The first-order valence-electron chi connectivity index (χ1n) is 10.9. The van der Waals surface area contributed by atoms with Crippen LogP contribution in [0.1, 0.15) is 60.4 Å². The Morgan fingerprint density at radius 3 is 2.64 bits per heavy atom. The number of nitrogens with zero attached hydrogens (tertiary/aromatic N) is 5. The predicted molar refractivity (Wildman–Crippen MR) is 109 cm³/mol. The first-order chi connectivity index (χ1) is 13.7. The first kappa shape index (κ1) is 17.8. The second-order valence-electron chi connectivity index (χ2n) is 8.65. The van der Waals surface area contributed by atoms with Crippen LogP contribution in [-0.4, -0.2) is 32.8 Å². The Hall–Kier alpha value is -2.24. The second-order valence-corrected chi connectivity index (χ2v) is 8.65. The molecule has 0 amide bonds. The van der Waals surface area contributed by atoms with Crippen LogP contribution >= 0.6 is 0 Å². The first-order valence-corrected chi connectivity index (χ1v) is 10.9. The van der Waals surface area contributed by atoms with Crippen molar-refractivity contribution < 1.29 is 0 Å². The maximum Gasteiger partial charge on any atom is 0.267 e. The summed E-state index contributed by atoms with van der Waals surface area (Å²) in [5, 5.41) is 4.71. The van der Waals surface area contributed by atoms with Crippen molar-refractivity contribution >= 4 is 5.82 Å². The zero-order chi connectivity index (χ0) is 19.1. The summed E-state index contributed by atoms with van der Waals surface area (Å²) in [6.07, 6.45) is 9.98. The molecule has 0 saturated carbocycles. The van der Waals surface area contributed by atoms with E-state index in [9.17, 15) is 4.79 Å². The molecular weight excluding hydrogens is 350 g/mol. The number of hydrogen-bond acceptors (Lipinski definition) is 5. The number of fused-ring (bicyclic) bond motifs is 2. The fraction of sp³-hybridized carbons (Fsp3) is 0.636. The molecule has 0 unspecified atom stereocenters. The average Bonchev–Trinajstić information content (AvgIpc) is 3.17. The topological polar surface area (TPSA) is 63.9 Å². The molecule has 2 aromatic heterocycles. The van der Waals surface area contributed by atoms with Crippen LogP contribution in [-0.2, 0) is 32.2 Å². The summed E-state index contributed by atoms with van der Waals surface area (Å²) < 4.78 is 1.73. The minimum Gasteiger partial charge on any atom is -0.356 e. The molecule has 0 radical (unpaired) electrons. The quantitative estimate of drug-likeness (QED) is 0.820. The summed E-state index contributed by atoms with van der Waals surface area (Å²) >= 11 is 0. The number of aromatic nitrogens is 4. The van der Waals surface area contributed by atoms with Crippen LogP contribution in [0.3, 0.4) is 0 Å². The lowest BCUT2D eigenvalue weighted by molar-refractivity contribution is 0.331. The van der Waals surface area contributed by atoms with Crippen LogP contribution in [0.25, 0.3) is 0 Å². The van der Waals surface area contributed by atoms with Gasteiger partial charge in [-0.3, -0.25) is 4.79 Å². The molecule has 1 fully saturated rings. The van der Waals surface area contributed by atoms with Crippen molar-refractivity contribution in [3.8, 4) is 0 Å². The number of piperidine rings is 1. The molecule has 1 saturated heterocycles. The normalized spacial score (nSPS) is 19.5. The average molecular weight is 380 g/mol. The fourth-order valence-electron chi connectivity index (χ4n) is 5.10. The molecule has 6 nitrogen and oxygen atoms in total. The third kappa shape index (κ3) is 3.33.